The van der Waals surface area contributed by atoms with Crippen LogP contribution >= 0.6 is 0 Å². The average molecular weight is 219 g/mol. The van der Waals surface area contributed by atoms with Crippen molar-refractivity contribution >= 4 is 5.65 Å². The van der Waals surface area contributed by atoms with Gasteiger partial charge < -0.3 is 0 Å². The monoisotopic (exact) mass is 219 g/mol. The molecule has 0 aromatic carbocycles. The maximum Gasteiger partial charge on any atom is 0.235 e. The van der Waals surface area contributed by atoms with E-state index in [-0.39, 0.29) is 5.41 Å². The van der Waals surface area contributed by atoms with Gasteiger partial charge in [0.05, 0.1) is 5.69 Å². The zero-order valence-electron chi connectivity index (χ0n) is 9.66. The minimum atomic E-state index is -0.462. The van der Waals surface area contributed by atoms with Crippen LogP contribution in [0, 0.1) is 5.95 Å². The topological polar surface area (TPSA) is 30.2 Å². The van der Waals surface area contributed by atoms with Crippen molar-refractivity contribution in [3.63, 3.8) is 0 Å². The van der Waals surface area contributed by atoms with Gasteiger partial charge in [0.15, 0.2) is 5.65 Å². The lowest BCUT2D eigenvalue weighted by Crippen LogP contribution is -2.17. The van der Waals surface area contributed by atoms with Crippen LogP contribution in [-0.2, 0) is 5.41 Å². The quantitative estimate of drug-likeness (QED) is 0.681. The van der Waals surface area contributed by atoms with Crippen LogP contribution in [0.2, 0.25) is 0 Å². The summed E-state index contributed by atoms with van der Waals surface area (Å²) in [6, 6.07) is 1.37. The lowest BCUT2D eigenvalue weighted by Gasteiger charge is -2.19. The normalized spacial score (nSPS) is 22.6. The fourth-order valence-corrected chi connectivity index (χ4v) is 2.93. The van der Waals surface area contributed by atoms with E-state index in [4.69, 9.17) is 0 Å². The van der Waals surface area contributed by atoms with E-state index in [0.29, 0.717) is 11.6 Å². The van der Waals surface area contributed by atoms with Crippen LogP contribution in [0.15, 0.2) is 12.3 Å². The molecule has 1 unspecified atom stereocenters. The maximum absolute atomic E-state index is 13.2. The van der Waals surface area contributed by atoms with Crippen molar-refractivity contribution in [1.29, 1.82) is 0 Å². The van der Waals surface area contributed by atoms with Gasteiger partial charge in [-0.1, -0.05) is 20.8 Å². The first-order chi connectivity index (χ1) is 7.49. The molecule has 0 amide bonds. The van der Waals surface area contributed by atoms with E-state index >= 15 is 0 Å². The third-order valence-corrected chi connectivity index (χ3v) is 3.47. The zero-order chi connectivity index (χ0) is 11.5. The third kappa shape index (κ3) is 1.13. The molecule has 4 heteroatoms. The molecule has 16 heavy (non-hydrogen) atoms. The molecule has 0 saturated heterocycles. The lowest BCUT2D eigenvalue weighted by atomic mass is 9.89. The van der Waals surface area contributed by atoms with Crippen LogP contribution in [0.5, 0.6) is 0 Å². The molecule has 2 aromatic rings. The van der Waals surface area contributed by atoms with Gasteiger partial charge in [0.1, 0.15) is 0 Å². The van der Waals surface area contributed by atoms with Gasteiger partial charge in [0.25, 0.3) is 0 Å². The molecule has 0 bridgehead atoms. The molecule has 2 heterocycles. The van der Waals surface area contributed by atoms with E-state index in [1.807, 2.05) is 6.20 Å². The summed E-state index contributed by atoms with van der Waals surface area (Å²) in [5.41, 5.74) is 2.93. The summed E-state index contributed by atoms with van der Waals surface area (Å²) in [7, 11) is 0. The number of fused-ring (bicyclic) bond motifs is 3. The lowest BCUT2D eigenvalue weighted by molar-refractivity contribution is 0.466. The van der Waals surface area contributed by atoms with Crippen LogP contribution in [0.3, 0.4) is 0 Å². The van der Waals surface area contributed by atoms with Crippen molar-refractivity contribution in [2.75, 3.05) is 0 Å². The molecule has 0 saturated carbocycles. The van der Waals surface area contributed by atoms with Gasteiger partial charge in [-0.3, -0.25) is 0 Å². The van der Waals surface area contributed by atoms with Gasteiger partial charge in [0, 0.05) is 17.7 Å². The number of nitrogens with zero attached hydrogens (tertiary/aromatic N) is 3. The summed E-state index contributed by atoms with van der Waals surface area (Å²) in [6.45, 7) is 6.53. The molecule has 0 fully saturated rings. The Morgan fingerprint density at radius 3 is 3.00 bits per heavy atom. The van der Waals surface area contributed by atoms with E-state index in [1.54, 1.807) is 4.52 Å². The van der Waals surface area contributed by atoms with E-state index in [2.05, 4.69) is 30.9 Å². The predicted octanol–water partition coefficient (Wildman–Crippen LogP) is 2.65. The zero-order valence-corrected chi connectivity index (χ0v) is 9.66. The van der Waals surface area contributed by atoms with E-state index < -0.39 is 5.95 Å². The van der Waals surface area contributed by atoms with E-state index in [0.717, 1.165) is 12.1 Å². The third-order valence-electron chi connectivity index (χ3n) is 3.47. The van der Waals surface area contributed by atoms with E-state index in [1.165, 1.54) is 11.6 Å². The molecule has 1 aliphatic rings. The molecule has 1 aliphatic carbocycles. The van der Waals surface area contributed by atoms with E-state index in [9.17, 15) is 4.39 Å². The molecule has 2 aromatic heterocycles. The highest BCUT2D eigenvalue weighted by Crippen LogP contribution is 2.44. The Labute approximate surface area is 93.3 Å². The number of aromatic nitrogens is 3. The Morgan fingerprint density at radius 1 is 1.50 bits per heavy atom. The van der Waals surface area contributed by atoms with Crippen molar-refractivity contribution in [1.82, 2.24) is 14.6 Å². The van der Waals surface area contributed by atoms with Crippen LogP contribution in [0.4, 0.5) is 4.39 Å². The molecule has 0 aliphatic heterocycles. The van der Waals surface area contributed by atoms with Crippen molar-refractivity contribution in [3.8, 4) is 0 Å². The minimum absolute atomic E-state index is 0.0361. The standard InChI is InChI=1S/C12H14FN3/c1-7-5-12(2,3)11-8(7)6-14-10-4-9(13)15-16(10)11/h4,6-7H,5H2,1-3H3. The Balaban J connectivity index is 2.41. The van der Waals surface area contributed by atoms with Gasteiger partial charge in [-0.2, -0.15) is 4.39 Å². The fourth-order valence-electron chi connectivity index (χ4n) is 2.93. The first-order valence-corrected chi connectivity index (χ1v) is 5.54. The molecule has 1 atom stereocenters. The Hall–Kier alpha value is -1.45. The van der Waals surface area contributed by atoms with Crippen molar-refractivity contribution < 1.29 is 4.39 Å². The van der Waals surface area contributed by atoms with Crippen LogP contribution in [0.25, 0.3) is 5.65 Å². The molecule has 0 radical (unpaired) electrons. The molecule has 0 N–H and O–H groups in total. The summed E-state index contributed by atoms with van der Waals surface area (Å²) < 4.78 is 14.8. The van der Waals surface area contributed by atoms with Crippen molar-refractivity contribution in [2.24, 2.45) is 0 Å². The van der Waals surface area contributed by atoms with Gasteiger partial charge in [-0.05, 0) is 17.9 Å². The molecule has 84 valence electrons. The molecular formula is C12H14FN3. The number of rotatable bonds is 0. The average Bonchev–Trinajstić information content (AvgIpc) is 2.63. The Bertz CT molecular complexity index is 571. The highest BCUT2D eigenvalue weighted by atomic mass is 19.1. The number of hydrogen-bond acceptors (Lipinski definition) is 2. The minimum Gasteiger partial charge on any atom is -0.237 e. The summed E-state index contributed by atoms with van der Waals surface area (Å²) >= 11 is 0. The van der Waals surface area contributed by atoms with Crippen molar-refractivity contribution in [2.45, 2.75) is 38.5 Å². The molecule has 3 rings (SSSR count). The van der Waals surface area contributed by atoms with Gasteiger partial charge in [-0.15, -0.1) is 5.10 Å². The number of halogens is 1. The molecule has 3 nitrogen and oxygen atoms in total. The van der Waals surface area contributed by atoms with Crippen LogP contribution in [0.1, 0.15) is 44.4 Å². The SMILES string of the molecule is CC1CC(C)(C)c2c1cnc1cc(F)nn21. The Morgan fingerprint density at radius 2 is 2.25 bits per heavy atom. The Kier molecular flexibility index (Phi) is 1.71. The fraction of sp³-hybridized carbons (Fsp3) is 0.500. The molecular weight excluding hydrogens is 205 g/mol. The smallest absolute Gasteiger partial charge is 0.235 e. The molecule has 0 spiro atoms. The van der Waals surface area contributed by atoms with Crippen molar-refractivity contribution in [3.05, 3.63) is 29.5 Å². The highest BCUT2D eigenvalue weighted by Gasteiger charge is 2.37. The van der Waals surface area contributed by atoms with Crippen LogP contribution < -0.4 is 0 Å². The summed E-state index contributed by atoms with van der Waals surface area (Å²) in [5, 5.41) is 3.90. The van der Waals surface area contributed by atoms with Gasteiger partial charge in [-0.25, -0.2) is 9.50 Å². The maximum atomic E-state index is 13.2. The first-order valence-electron chi connectivity index (χ1n) is 5.54. The summed E-state index contributed by atoms with van der Waals surface area (Å²) in [4.78, 5) is 4.25. The summed E-state index contributed by atoms with van der Waals surface area (Å²) in [5.74, 6) is 0.00501. The second-order valence-electron chi connectivity index (χ2n) is 5.29. The van der Waals surface area contributed by atoms with Crippen LogP contribution in [-0.4, -0.2) is 14.6 Å². The first kappa shape index (κ1) is 9.75. The van der Waals surface area contributed by atoms with Gasteiger partial charge in [0.2, 0.25) is 5.95 Å². The summed E-state index contributed by atoms with van der Waals surface area (Å²) in [6.07, 6.45) is 2.93. The largest absolute Gasteiger partial charge is 0.237 e. The predicted molar refractivity (Wildman–Crippen MR) is 59.0 cm³/mol. The second kappa shape index (κ2) is 2.81. The number of hydrogen-bond donors (Lipinski definition) is 0. The highest BCUT2D eigenvalue weighted by molar-refractivity contribution is 5.45. The second-order valence-corrected chi connectivity index (χ2v) is 5.29. The van der Waals surface area contributed by atoms with Gasteiger partial charge >= 0.3 is 0 Å².